The lowest BCUT2D eigenvalue weighted by Crippen LogP contribution is -2.30. The SMILES string of the molecule is CCOCCN(CC)c1cc(OC)ccc1/C(N)=N/O. The van der Waals surface area contributed by atoms with E-state index >= 15 is 0 Å². The molecule has 0 aliphatic rings. The minimum absolute atomic E-state index is 0.0810. The van der Waals surface area contributed by atoms with Crippen molar-refractivity contribution in [3.8, 4) is 5.75 Å². The zero-order valence-electron chi connectivity index (χ0n) is 12.3. The van der Waals surface area contributed by atoms with Gasteiger partial charge in [-0.1, -0.05) is 5.16 Å². The lowest BCUT2D eigenvalue weighted by Gasteiger charge is -2.25. The van der Waals surface area contributed by atoms with Crippen molar-refractivity contribution in [3.63, 3.8) is 0 Å². The predicted octanol–water partition coefficient (Wildman–Crippen LogP) is 1.65. The van der Waals surface area contributed by atoms with Crippen LogP contribution >= 0.6 is 0 Å². The summed E-state index contributed by atoms with van der Waals surface area (Å²) in [6, 6.07) is 5.45. The van der Waals surface area contributed by atoms with Gasteiger partial charge in [-0.15, -0.1) is 0 Å². The molecule has 0 saturated carbocycles. The number of methoxy groups -OCH3 is 1. The molecule has 0 aliphatic carbocycles. The van der Waals surface area contributed by atoms with Crippen LogP contribution in [0.15, 0.2) is 23.4 Å². The molecule has 0 spiro atoms. The van der Waals surface area contributed by atoms with E-state index < -0.39 is 0 Å². The van der Waals surface area contributed by atoms with Crippen LogP contribution in [0.3, 0.4) is 0 Å². The largest absolute Gasteiger partial charge is 0.497 e. The first-order chi connectivity index (χ1) is 9.67. The number of likely N-dealkylation sites (N-methyl/N-ethyl adjacent to an activating group) is 1. The van der Waals surface area contributed by atoms with Crippen LogP contribution in [0.1, 0.15) is 19.4 Å². The van der Waals surface area contributed by atoms with Crippen molar-refractivity contribution in [3.05, 3.63) is 23.8 Å². The van der Waals surface area contributed by atoms with Gasteiger partial charge < -0.3 is 25.3 Å². The van der Waals surface area contributed by atoms with E-state index in [2.05, 4.69) is 10.1 Å². The number of rotatable bonds is 8. The fourth-order valence-corrected chi connectivity index (χ4v) is 1.94. The molecule has 0 heterocycles. The van der Waals surface area contributed by atoms with Crippen molar-refractivity contribution in [2.75, 3.05) is 38.3 Å². The highest BCUT2D eigenvalue weighted by Gasteiger charge is 2.14. The van der Waals surface area contributed by atoms with Crippen LogP contribution in [-0.2, 0) is 4.74 Å². The number of hydrogen-bond donors (Lipinski definition) is 2. The lowest BCUT2D eigenvalue weighted by atomic mass is 10.1. The summed E-state index contributed by atoms with van der Waals surface area (Å²) in [4.78, 5) is 2.10. The van der Waals surface area contributed by atoms with E-state index in [1.165, 1.54) is 0 Å². The molecule has 0 unspecified atom stereocenters. The summed E-state index contributed by atoms with van der Waals surface area (Å²) in [6.45, 7) is 6.82. The number of anilines is 1. The molecule has 0 amide bonds. The molecule has 20 heavy (non-hydrogen) atoms. The molecule has 0 radical (unpaired) electrons. The number of ether oxygens (including phenoxy) is 2. The summed E-state index contributed by atoms with van der Waals surface area (Å²) in [5, 5.41) is 12.0. The molecule has 0 aromatic heterocycles. The number of amidine groups is 1. The van der Waals surface area contributed by atoms with Gasteiger partial charge in [0.1, 0.15) is 5.75 Å². The minimum atomic E-state index is 0.0810. The van der Waals surface area contributed by atoms with Crippen LogP contribution in [0.5, 0.6) is 5.75 Å². The van der Waals surface area contributed by atoms with Crippen molar-refractivity contribution in [2.24, 2.45) is 10.9 Å². The summed E-state index contributed by atoms with van der Waals surface area (Å²) < 4.78 is 10.6. The number of oxime groups is 1. The van der Waals surface area contributed by atoms with Crippen molar-refractivity contribution in [2.45, 2.75) is 13.8 Å². The normalized spacial score (nSPS) is 11.4. The molecule has 1 aromatic rings. The van der Waals surface area contributed by atoms with E-state index in [4.69, 9.17) is 20.4 Å². The van der Waals surface area contributed by atoms with E-state index in [1.54, 1.807) is 19.2 Å². The third-order valence-electron chi connectivity index (χ3n) is 3.02. The lowest BCUT2D eigenvalue weighted by molar-refractivity contribution is 0.154. The first-order valence-corrected chi connectivity index (χ1v) is 6.66. The van der Waals surface area contributed by atoms with Crippen molar-refractivity contribution >= 4 is 11.5 Å². The highest BCUT2D eigenvalue weighted by molar-refractivity contribution is 6.02. The van der Waals surface area contributed by atoms with Crippen molar-refractivity contribution in [1.29, 1.82) is 0 Å². The second-order valence-electron chi connectivity index (χ2n) is 4.14. The van der Waals surface area contributed by atoms with Crippen molar-refractivity contribution < 1.29 is 14.7 Å². The van der Waals surface area contributed by atoms with Gasteiger partial charge in [-0.25, -0.2) is 0 Å². The molecule has 3 N–H and O–H groups in total. The Morgan fingerprint density at radius 1 is 1.40 bits per heavy atom. The van der Waals surface area contributed by atoms with Gasteiger partial charge in [-0.3, -0.25) is 0 Å². The Kier molecular flexibility index (Phi) is 6.66. The van der Waals surface area contributed by atoms with Gasteiger partial charge in [-0.05, 0) is 26.0 Å². The molecular formula is C14H23N3O3. The molecule has 0 atom stereocenters. The van der Waals surface area contributed by atoms with Crippen LogP contribution in [0.25, 0.3) is 0 Å². The first-order valence-electron chi connectivity index (χ1n) is 6.66. The number of hydrogen-bond acceptors (Lipinski definition) is 5. The van der Waals surface area contributed by atoms with E-state index in [0.717, 1.165) is 24.5 Å². The quantitative estimate of drug-likeness (QED) is 0.249. The predicted molar refractivity (Wildman–Crippen MR) is 79.9 cm³/mol. The van der Waals surface area contributed by atoms with Gasteiger partial charge in [0.15, 0.2) is 5.84 Å². The molecule has 6 heteroatoms. The minimum Gasteiger partial charge on any atom is -0.497 e. The van der Waals surface area contributed by atoms with E-state index in [9.17, 15) is 0 Å². The molecule has 1 aromatic carbocycles. The molecule has 0 fully saturated rings. The van der Waals surface area contributed by atoms with Crippen LogP contribution in [0.2, 0.25) is 0 Å². The summed E-state index contributed by atoms with van der Waals surface area (Å²) in [7, 11) is 1.61. The Morgan fingerprint density at radius 3 is 2.70 bits per heavy atom. The van der Waals surface area contributed by atoms with Crippen LogP contribution in [0.4, 0.5) is 5.69 Å². The smallest absolute Gasteiger partial charge is 0.172 e. The number of benzene rings is 1. The van der Waals surface area contributed by atoms with Crippen LogP contribution < -0.4 is 15.4 Å². The van der Waals surface area contributed by atoms with E-state index in [0.29, 0.717) is 18.8 Å². The first kappa shape index (κ1) is 16.1. The average Bonchev–Trinajstić information content (AvgIpc) is 2.50. The van der Waals surface area contributed by atoms with Gasteiger partial charge in [0, 0.05) is 31.3 Å². The zero-order valence-corrected chi connectivity index (χ0v) is 12.3. The van der Waals surface area contributed by atoms with E-state index in [-0.39, 0.29) is 5.84 Å². The average molecular weight is 281 g/mol. The third kappa shape index (κ3) is 4.03. The van der Waals surface area contributed by atoms with Gasteiger partial charge in [0.2, 0.25) is 0 Å². The third-order valence-corrected chi connectivity index (χ3v) is 3.02. The van der Waals surface area contributed by atoms with Crippen LogP contribution in [-0.4, -0.2) is 44.5 Å². The summed E-state index contributed by atoms with van der Waals surface area (Å²) >= 11 is 0. The van der Waals surface area contributed by atoms with Gasteiger partial charge >= 0.3 is 0 Å². The van der Waals surface area contributed by atoms with E-state index in [1.807, 2.05) is 19.9 Å². The maximum atomic E-state index is 8.90. The fraction of sp³-hybridized carbons (Fsp3) is 0.500. The van der Waals surface area contributed by atoms with Crippen LogP contribution in [0, 0.1) is 0 Å². The topological polar surface area (TPSA) is 80.3 Å². The standard InChI is InChI=1S/C14H23N3O3/c1-4-17(8-9-20-5-2)13-10-11(19-3)6-7-12(13)14(15)16-18/h6-7,10,18H,4-5,8-9H2,1-3H3,(H2,15,16). The second-order valence-corrected chi connectivity index (χ2v) is 4.14. The Bertz CT molecular complexity index is 449. The maximum Gasteiger partial charge on any atom is 0.172 e. The Morgan fingerprint density at radius 2 is 2.15 bits per heavy atom. The molecule has 1 rings (SSSR count). The number of nitrogens with zero attached hydrogens (tertiary/aromatic N) is 2. The maximum absolute atomic E-state index is 8.90. The highest BCUT2D eigenvalue weighted by atomic mass is 16.5. The molecule has 0 saturated heterocycles. The number of nitrogens with two attached hydrogens (primary N) is 1. The molecule has 112 valence electrons. The summed E-state index contributed by atoms with van der Waals surface area (Å²) in [6.07, 6.45) is 0. The Hall–Kier alpha value is -1.95. The molecular weight excluding hydrogens is 258 g/mol. The van der Waals surface area contributed by atoms with Gasteiger partial charge in [0.05, 0.1) is 19.4 Å². The molecule has 6 nitrogen and oxygen atoms in total. The second kappa shape index (κ2) is 8.27. The fourth-order valence-electron chi connectivity index (χ4n) is 1.94. The monoisotopic (exact) mass is 281 g/mol. The van der Waals surface area contributed by atoms with Gasteiger partial charge in [-0.2, -0.15) is 0 Å². The molecule has 0 aliphatic heterocycles. The van der Waals surface area contributed by atoms with Gasteiger partial charge in [0.25, 0.3) is 0 Å². The highest BCUT2D eigenvalue weighted by Crippen LogP contribution is 2.26. The zero-order chi connectivity index (χ0) is 15.0. The summed E-state index contributed by atoms with van der Waals surface area (Å²) in [5.41, 5.74) is 7.27. The summed E-state index contributed by atoms with van der Waals surface area (Å²) in [5.74, 6) is 0.807. The van der Waals surface area contributed by atoms with Crippen molar-refractivity contribution in [1.82, 2.24) is 0 Å². The molecule has 0 bridgehead atoms. The Balaban J connectivity index is 3.09. The Labute approximate surface area is 119 Å².